The predicted molar refractivity (Wildman–Crippen MR) is 91.4 cm³/mol. The Morgan fingerprint density at radius 1 is 1.22 bits per heavy atom. The first-order valence-corrected chi connectivity index (χ1v) is 7.85. The van der Waals surface area contributed by atoms with Crippen LogP contribution in [0, 0.1) is 19.7 Å². The van der Waals surface area contributed by atoms with Crippen molar-refractivity contribution in [1.29, 1.82) is 0 Å². The summed E-state index contributed by atoms with van der Waals surface area (Å²) in [5.41, 5.74) is 3.75. The molecule has 0 heterocycles. The molecular formula is C18H21ClFN2O+. The minimum atomic E-state index is -0.491. The number of likely N-dealkylation sites (N-methyl/N-ethyl adjacent to an activating group) is 1. The molecule has 2 rings (SSSR count). The minimum Gasteiger partial charge on any atom is -0.326 e. The lowest BCUT2D eigenvalue weighted by Crippen LogP contribution is -3.08. The average Bonchev–Trinajstić information content (AvgIpc) is 2.46. The molecule has 2 N–H and O–H groups in total. The summed E-state index contributed by atoms with van der Waals surface area (Å²) in [6, 6.07) is 10.4. The summed E-state index contributed by atoms with van der Waals surface area (Å²) in [4.78, 5) is 13.1. The van der Waals surface area contributed by atoms with Gasteiger partial charge in [-0.25, -0.2) is 4.39 Å². The van der Waals surface area contributed by atoms with Crippen molar-refractivity contribution in [2.24, 2.45) is 0 Å². The van der Waals surface area contributed by atoms with E-state index in [1.165, 1.54) is 34.9 Å². The Morgan fingerprint density at radius 3 is 2.65 bits per heavy atom. The second-order valence-electron chi connectivity index (χ2n) is 5.91. The number of hydrogen-bond acceptors (Lipinski definition) is 1. The van der Waals surface area contributed by atoms with E-state index < -0.39 is 5.82 Å². The summed E-state index contributed by atoms with van der Waals surface area (Å²) < 4.78 is 13.6. The number of halogens is 2. The Bertz CT molecular complexity index is 718. The monoisotopic (exact) mass is 335 g/mol. The van der Waals surface area contributed by atoms with Crippen molar-refractivity contribution in [3.63, 3.8) is 0 Å². The van der Waals surface area contributed by atoms with Crippen molar-refractivity contribution < 1.29 is 14.1 Å². The van der Waals surface area contributed by atoms with Gasteiger partial charge in [-0.15, -0.1) is 0 Å². The molecule has 0 spiro atoms. The number of quaternary nitrogens is 1. The molecule has 1 atom stereocenters. The van der Waals surface area contributed by atoms with E-state index in [9.17, 15) is 9.18 Å². The van der Waals surface area contributed by atoms with Gasteiger partial charge in [0.05, 0.1) is 12.7 Å². The summed E-state index contributed by atoms with van der Waals surface area (Å²) in [6.45, 7) is 5.11. The summed E-state index contributed by atoms with van der Waals surface area (Å²) >= 11 is 5.82. The van der Waals surface area contributed by atoms with E-state index >= 15 is 0 Å². The number of benzene rings is 2. The van der Waals surface area contributed by atoms with E-state index in [2.05, 4.69) is 37.4 Å². The van der Waals surface area contributed by atoms with Crippen LogP contribution in [0.1, 0.15) is 16.7 Å². The third kappa shape index (κ3) is 5.05. The Labute approximate surface area is 141 Å². The van der Waals surface area contributed by atoms with Gasteiger partial charge in [0, 0.05) is 10.6 Å². The van der Waals surface area contributed by atoms with Gasteiger partial charge in [-0.2, -0.15) is 0 Å². The molecule has 0 saturated heterocycles. The molecule has 23 heavy (non-hydrogen) atoms. The first kappa shape index (κ1) is 17.4. The third-order valence-corrected chi connectivity index (χ3v) is 3.89. The van der Waals surface area contributed by atoms with Gasteiger partial charge in [-0.1, -0.05) is 35.4 Å². The molecule has 122 valence electrons. The summed E-state index contributed by atoms with van der Waals surface area (Å²) in [6.07, 6.45) is 0. The number of hydrogen-bond donors (Lipinski definition) is 2. The zero-order valence-corrected chi connectivity index (χ0v) is 14.3. The zero-order valence-electron chi connectivity index (χ0n) is 13.5. The van der Waals surface area contributed by atoms with Crippen LogP contribution in [0.25, 0.3) is 0 Å². The lowest BCUT2D eigenvalue weighted by molar-refractivity contribution is -0.885. The molecule has 3 nitrogen and oxygen atoms in total. The molecule has 1 amide bonds. The van der Waals surface area contributed by atoms with Crippen molar-refractivity contribution in [3.8, 4) is 0 Å². The highest BCUT2D eigenvalue weighted by Crippen LogP contribution is 2.19. The second kappa shape index (κ2) is 7.57. The van der Waals surface area contributed by atoms with Gasteiger partial charge < -0.3 is 10.2 Å². The molecule has 0 bridgehead atoms. The van der Waals surface area contributed by atoms with Gasteiger partial charge in [0.2, 0.25) is 0 Å². The first-order valence-electron chi connectivity index (χ1n) is 7.47. The molecule has 0 fully saturated rings. The highest BCUT2D eigenvalue weighted by molar-refractivity contribution is 6.30. The molecule has 0 saturated carbocycles. The van der Waals surface area contributed by atoms with Gasteiger partial charge in [-0.05, 0) is 37.6 Å². The van der Waals surface area contributed by atoms with Crippen LogP contribution in [-0.4, -0.2) is 19.5 Å². The van der Waals surface area contributed by atoms with Crippen LogP contribution < -0.4 is 10.2 Å². The SMILES string of the molecule is Cc1ccc(C[NH+](C)CC(=O)Nc2cc(Cl)ccc2F)c(C)c1. The van der Waals surface area contributed by atoms with Gasteiger partial charge in [-0.3, -0.25) is 4.79 Å². The van der Waals surface area contributed by atoms with Crippen molar-refractivity contribution in [2.75, 3.05) is 18.9 Å². The molecule has 2 aromatic rings. The van der Waals surface area contributed by atoms with E-state index in [0.717, 1.165) is 11.4 Å². The Balaban J connectivity index is 1.95. The zero-order chi connectivity index (χ0) is 17.0. The number of rotatable bonds is 5. The van der Waals surface area contributed by atoms with Gasteiger partial charge >= 0.3 is 0 Å². The first-order chi connectivity index (χ1) is 10.8. The summed E-state index contributed by atoms with van der Waals surface area (Å²) in [5, 5.41) is 2.96. The number of aryl methyl sites for hydroxylation is 2. The Hall–Kier alpha value is -1.91. The van der Waals surface area contributed by atoms with Crippen LogP contribution in [0.15, 0.2) is 36.4 Å². The van der Waals surface area contributed by atoms with Crippen LogP contribution in [0.5, 0.6) is 0 Å². The van der Waals surface area contributed by atoms with E-state index in [1.807, 2.05) is 7.05 Å². The Morgan fingerprint density at radius 2 is 1.96 bits per heavy atom. The maximum absolute atomic E-state index is 13.6. The molecule has 2 aromatic carbocycles. The van der Waals surface area contributed by atoms with E-state index in [4.69, 9.17) is 11.6 Å². The third-order valence-electron chi connectivity index (χ3n) is 3.66. The minimum absolute atomic E-state index is 0.113. The maximum atomic E-state index is 13.6. The molecule has 0 radical (unpaired) electrons. The largest absolute Gasteiger partial charge is 0.326 e. The molecule has 0 aliphatic heterocycles. The summed E-state index contributed by atoms with van der Waals surface area (Å²) in [7, 11) is 1.94. The van der Waals surface area contributed by atoms with Gasteiger partial charge in [0.1, 0.15) is 12.4 Å². The molecule has 0 aliphatic rings. The predicted octanol–water partition coefficient (Wildman–Crippen LogP) is 2.75. The molecular weight excluding hydrogens is 315 g/mol. The number of carbonyl (C=O) groups excluding carboxylic acids is 1. The van der Waals surface area contributed by atoms with E-state index in [-0.39, 0.29) is 18.1 Å². The molecule has 0 aliphatic carbocycles. The maximum Gasteiger partial charge on any atom is 0.279 e. The van der Waals surface area contributed by atoms with Crippen molar-refractivity contribution >= 4 is 23.2 Å². The van der Waals surface area contributed by atoms with Crippen LogP contribution in [-0.2, 0) is 11.3 Å². The normalized spacial score (nSPS) is 12.0. The number of amides is 1. The topological polar surface area (TPSA) is 33.5 Å². The quantitative estimate of drug-likeness (QED) is 0.865. The number of anilines is 1. The van der Waals surface area contributed by atoms with Crippen LogP contribution in [0.3, 0.4) is 0 Å². The number of nitrogens with one attached hydrogen (secondary N) is 2. The van der Waals surface area contributed by atoms with Gasteiger partial charge in [0.15, 0.2) is 6.54 Å². The smallest absolute Gasteiger partial charge is 0.279 e. The van der Waals surface area contributed by atoms with Crippen LogP contribution in [0.4, 0.5) is 10.1 Å². The van der Waals surface area contributed by atoms with Crippen molar-refractivity contribution in [2.45, 2.75) is 20.4 Å². The van der Waals surface area contributed by atoms with Gasteiger partial charge in [0.25, 0.3) is 5.91 Å². The standard InChI is InChI=1S/C18H20ClFN2O/c1-12-4-5-14(13(2)8-12)10-22(3)11-18(23)21-17-9-15(19)6-7-16(17)20/h4-9H,10-11H2,1-3H3,(H,21,23)/p+1. The molecule has 1 unspecified atom stereocenters. The number of carbonyl (C=O) groups is 1. The summed E-state index contributed by atoms with van der Waals surface area (Å²) in [5.74, 6) is -0.733. The second-order valence-corrected chi connectivity index (χ2v) is 6.35. The fourth-order valence-corrected chi connectivity index (χ4v) is 2.67. The van der Waals surface area contributed by atoms with Crippen LogP contribution in [0.2, 0.25) is 5.02 Å². The van der Waals surface area contributed by atoms with Crippen LogP contribution >= 0.6 is 11.6 Å². The molecule has 5 heteroatoms. The highest BCUT2D eigenvalue weighted by atomic mass is 35.5. The highest BCUT2D eigenvalue weighted by Gasteiger charge is 2.14. The van der Waals surface area contributed by atoms with Crippen molar-refractivity contribution in [3.05, 3.63) is 63.9 Å². The lowest BCUT2D eigenvalue weighted by Gasteiger charge is -2.16. The fourth-order valence-electron chi connectivity index (χ4n) is 2.49. The molecule has 0 aromatic heterocycles. The average molecular weight is 336 g/mol. The van der Waals surface area contributed by atoms with E-state index in [0.29, 0.717) is 5.02 Å². The fraction of sp³-hybridized carbons (Fsp3) is 0.278. The Kier molecular flexibility index (Phi) is 5.74. The van der Waals surface area contributed by atoms with E-state index in [1.54, 1.807) is 0 Å². The van der Waals surface area contributed by atoms with Crippen molar-refractivity contribution in [1.82, 2.24) is 0 Å². The lowest BCUT2D eigenvalue weighted by atomic mass is 10.1.